The second kappa shape index (κ2) is 7.69. The predicted molar refractivity (Wildman–Crippen MR) is 99.9 cm³/mol. The number of esters is 1. The maximum Gasteiger partial charge on any atom is 0.337 e. The van der Waals surface area contributed by atoms with Crippen LogP contribution in [0.25, 0.3) is 10.8 Å². The Hall–Kier alpha value is -3.68. The Morgan fingerprint density at radius 3 is 2.37 bits per heavy atom. The second-order valence-corrected chi connectivity index (χ2v) is 5.81. The molecule has 0 saturated heterocycles. The highest BCUT2D eigenvalue weighted by atomic mass is 16.5. The van der Waals surface area contributed by atoms with E-state index in [0.717, 1.165) is 4.68 Å². The number of ether oxygens (including phenoxy) is 1. The first-order chi connectivity index (χ1) is 13.0. The molecular weight excluding hydrogens is 350 g/mol. The largest absolute Gasteiger partial charge is 0.465 e. The first kappa shape index (κ1) is 18.1. The molecule has 0 bridgehead atoms. The number of aryl methyl sites for hydroxylation is 1. The van der Waals surface area contributed by atoms with Crippen LogP contribution in [-0.4, -0.2) is 28.8 Å². The molecule has 3 aromatic rings. The fourth-order valence-corrected chi connectivity index (χ4v) is 2.65. The Morgan fingerprint density at radius 1 is 1.04 bits per heavy atom. The summed E-state index contributed by atoms with van der Waals surface area (Å²) < 4.78 is 5.74. The highest BCUT2D eigenvalue weighted by Gasteiger charge is 2.09. The highest BCUT2D eigenvalue weighted by molar-refractivity contribution is 5.93. The number of aromatic amines is 1. The third kappa shape index (κ3) is 3.95. The van der Waals surface area contributed by atoms with E-state index in [9.17, 15) is 19.2 Å². The number of hydrogen-bond donors (Lipinski definition) is 2. The first-order valence-corrected chi connectivity index (χ1v) is 8.19. The minimum absolute atomic E-state index is 0.00700. The molecule has 0 saturated carbocycles. The number of fused-ring (bicyclic) bond motifs is 1. The molecule has 0 aliphatic carbocycles. The number of methoxy groups -OCH3 is 1. The van der Waals surface area contributed by atoms with E-state index in [1.165, 1.54) is 19.2 Å². The smallest absolute Gasteiger partial charge is 0.337 e. The van der Waals surface area contributed by atoms with Gasteiger partial charge in [-0.25, -0.2) is 9.48 Å². The number of anilines is 1. The van der Waals surface area contributed by atoms with Gasteiger partial charge in [0.05, 0.1) is 30.0 Å². The van der Waals surface area contributed by atoms with Crippen molar-refractivity contribution in [1.29, 1.82) is 0 Å². The molecule has 1 amide bonds. The summed E-state index contributed by atoms with van der Waals surface area (Å²) in [6.45, 7) is 0.0327. The van der Waals surface area contributed by atoms with Crippen molar-refractivity contribution in [2.75, 3.05) is 12.4 Å². The van der Waals surface area contributed by atoms with E-state index in [0.29, 0.717) is 22.0 Å². The number of carbonyl (C=O) groups is 2. The summed E-state index contributed by atoms with van der Waals surface area (Å²) in [6.07, 6.45) is -0.00700. The molecule has 0 radical (unpaired) electrons. The van der Waals surface area contributed by atoms with Gasteiger partial charge in [-0.05, 0) is 36.4 Å². The molecule has 0 spiro atoms. The molecule has 2 aromatic carbocycles. The summed E-state index contributed by atoms with van der Waals surface area (Å²) in [5.41, 5.74) is 0.132. The zero-order valence-electron chi connectivity index (χ0n) is 14.5. The fraction of sp³-hybridized carbons (Fsp3) is 0.158. The van der Waals surface area contributed by atoms with Crippen molar-refractivity contribution in [3.8, 4) is 0 Å². The van der Waals surface area contributed by atoms with Crippen molar-refractivity contribution in [2.45, 2.75) is 13.0 Å². The van der Waals surface area contributed by atoms with Crippen LogP contribution in [0.5, 0.6) is 0 Å². The van der Waals surface area contributed by atoms with Crippen LogP contribution in [0.1, 0.15) is 16.8 Å². The standard InChI is InChI=1S/C19H17N3O5/c1-27-19(26)12-6-8-13(9-7-12)20-16(23)10-11-22-18(25)15-5-3-2-4-14(15)17(24)21-22/h2-9H,10-11H2,1H3,(H,20,23)(H,21,24). The molecule has 0 atom stereocenters. The lowest BCUT2D eigenvalue weighted by molar-refractivity contribution is -0.116. The molecule has 1 heterocycles. The summed E-state index contributed by atoms with van der Waals surface area (Å²) in [7, 11) is 1.29. The molecule has 0 unspecified atom stereocenters. The first-order valence-electron chi connectivity index (χ1n) is 8.19. The molecule has 2 N–H and O–H groups in total. The van der Waals surface area contributed by atoms with Crippen molar-refractivity contribution in [3.63, 3.8) is 0 Å². The topological polar surface area (TPSA) is 110 Å². The maximum absolute atomic E-state index is 12.4. The van der Waals surface area contributed by atoms with Gasteiger partial charge >= 0.3 is 5.97 Å². The molecule has 0 aliphatic rings. The number of amides is 1. The zero-order valence-corrected chi connectivity index (χ0v) is 14.5. The van der Waals surface area contributed by atoms with Gasteiger partial charge in [0.1, 0.15) is 0 Å². The lowest BCUT2D eigenvalue weighted by Crippen LogP contribution is -2.31. The molecule has 138 valence electrons. The molecule has 3 rings (SSSR count). The van der Waals surface area contributed by atoms with Gasteiger partial charge in [-0.2, -0.15) is 0 Å². The number of rotatable bonds is 5. The van der Waals surface area contributed by atoms with Gasteiger partial charge in [-0.15, -0.1) is 0 Å². The molecule has 27 heavy (non-hydrogen) atoms. The number of carbonyl (C=O) groups excluding carboxylic acids is 2. The summed E-state index contributed by atoms with van der Waals surface area (Å²) >= 11 is 0. The number of benzene rings is 2. The number of H-pyrrole nitrogens is 1. The molecule has 0 aliphatic heterocycles. The average Bonchev–Trinajstić information content (AvgIpc) is 2.69. The maximum atomic E-state index is 12.4. The van der Waals surface area contributed by atoms with Crippen LogP contribution in [-0.2, 0) is 16.1 Å². The molecule has 1 aromatic heterocycles. The van der Waals surface area contributed by atoms with E-state index < -0.39 is 5.97 Å². The molecule has 0 fully saturated rings. The molecular formula is C19H17N3O5. The van der Waals surface area contributed by atoms with E-state index in [4.69, 9.17) is 0 Å². The fourth-order valence-electron chi connectivity index (χ4n) is 2.65. The van der Waals surface area contributed by atoms with Gasteiger partial charge in [0, 0.05) is 12.1 Å². The van der Waals surface area contributed by atoms with E-state index in [1.807, 2.05) is 0 Å². The summed E-state index contributed by atoms with van der Waals surface area (Å²) in [5, 5.41) is 5.77. The van der Waals surface area contributed by atoms with Crippen molar-refractivity contribution in [1.82, 2.24) is 9.78 Å². The number of aromatic nitrogens is 2. The van der Waals surface area contributed by atoms with Crippen LogP contribution in [0.2, 0.25) is 0 Å². The lowest BCUT2D eigenvalue weighted by Gasteiger charge is -2.08. The predicted octanol–water partition coefficient (Wildman–Crippen LogP) is 1.51. The van der Waals surface area contributed by atoms with Crippen molar-refractivity contribution < 1.29 is 14.3 Å². The minimum atomic E-state index is -0.465. The van der Waals surface area contributed by atoms with Crippen molar-refractivity contribution >= 4 is 28.3 Å². The number of hydrogen-bond acceptors (Lipinski definition) is 5. The van der Waals surface area contributed by atoms with E-state index in [-0.39, 0.29) is 30.0 Å². The van der Waals surface area contributed by atoms with Crippen LogP contribution >= 0.6 is 0 Å². The zero-order chi connectivity index (χ0) is 19.4. The van der Waals surface area contributed by atoms with Gasteiger partial charge in [0.15, 0.2) is 0 Å². The minimum Gasteiger partial charge on any atom is -0.465 e. The van der Waals surface area contributed by atoms with E-state index in [2.05, 4.69) is 15.2 Å². The Labute approximate surface area is 153 Å². The Kier molecular flexibility index (Phi) is 5.16. The normalized spacial score (nSPS) is 10.6. The van der Waals surface area contributed by atoms with Crippen LogP contribution in [0.4, 0.5) is 5.69 Å². The monoisotopic (exact) mass is 367 g/mol. The van der Waals surface area contributed by atoms with Gasteiger partial charge in [-0.1, -0.05) is 12.1 Å². The van der Waals surface area contributed by atoms with Gasteiger partial charge in [0.25, 0.3) is 11.1 Å². The summed E-state index contributed by atoms with van der Waals surface area (Å²) in [4.78, 5) is 47.9. The Morgan fingerprint density at radius 2 is 1.70 bits per heavy atom. The lowest BCUT2D eigenvalue weighted by atomic mass is 10.2. The third-order valence-electron chi connectivity index (χ3n) is 4.04. The quantitative estimate of drug-likeness (QED) is 0.664. The van der Waals surface area contributed by atoms with Crippen LogP contribution in [0.15, 0.2) is 58.1 Å². The number of nitrogens with one attached hydrogen (secondary N) is 2. The number of nitrogens with zero attached hydrogens (tertiary/aromatic N) is 1. The highest BCUT2D eigenvalue weighted by Crippen LogP contribution is 2.11. The third-order valence-corrected chi connectivity index (χ3v) is 4.04. The van der Waals surface area contributed by atoms with Gasteiger partial charge in [-0.3, -0.25) is 19.5 Å². The van der Waals surface area contributed by atoms with Crippen molar-refractivity contribution in [3.05, 3.63) is 74.8 Å². The second-order valence-electron chi connectivity index (χ2n) is 5.81. The van der Waals surface area contributed by atoms with E-state index in [1.54, 1.807) is 36.4 Å². The average molecular weight is 367 g/mol. The SMILES string of the molecule is COC(=O)c1ccc(NC(=O)CCn2[nH]c(=O)c3ccccc3c2=O)cc1. The molecule has 8 heteroatoms. The molecule has 8 nitrogen and oxygen atoms in total. The summed E-state index contributed by atoms with van der Waals surface area (Å²) in [5.74, 6) is -0.797. The van der Waals surface area contributed by atoms with Crippen LogP contribution in [0.3, 0.4) is 0 Å². The summed E-state index contributed by atoms with van der Waals surface area (Å²) in [6, 6.07) is 12.7. The van der Waals surface area contributed by atoms with Crippen molar-refractivity contribution in [2.24, 2.45) is 0 Å². The van der Waals surface area contributed by atoms with E-state index >= 15 is 0 Å². The van der Waals surface area contributed by atoms with Crippen LogP contribution < -0.4 is 16.4 Å². The Balaban J connectivity index is 1.68. The Bertz CT molecular complexity index is 1110. The van der Waals surface area contributed by atoms with Gasteiger partial charge < -0.3 is 10.1 Å². The van der Waals surface area contributed by atoms with Gasteiger partial charge in [0.2, 0.25) is 5.91 Å². The van der Waals surface area contributed by atoms with Crippen LogP contribution in [0, 0.1) is 0 Å².